The molecular formula is C31H62N8. The Balaban J connectivity index is 1.51. The van der Waals surface area contributed by atoms with Gasteiger partial charge in [0.25, 0.3) is 0 Å². The smallest absolute Gasteiger partial charge is 0.0637 e. The van der Waals surface area contributed by atoms with E-state index in [0.29, 0.717) is 24.2 Å². The van der Waals surface area contributed by atoms with Crippen LogP contribution >= 0.6 is 0 Å². The lowest BCUT2D eigenvalue weighted by Gasteiger charge is -2.30. The maximum absolute atomic E-state index is 4.72. The predicted octanol–water partition coefficient (Wildman–Crippen LogP) is 2.97. The normalized spacial score (nSPS) is 21.8. The van der Waals surface area contributed by atoms with Gasteiger partial charge in [-0.05, 0) is 61.5 Å². The molecule has 0 atom stereocenters. The summed E-state index contributed by atoms with van der Waals surface area (Å²) in [5.74, 6) is 0. The van der Waals surface area contributed by atoms with Crippen LogP contribution in [0.4, 0.5) is 0 Å². The fraction of sp³-hybridized carbons (Fsp3) is 0.903. The van der Waals surface area contributed by atoms with Gasteiger partial charge in [-0.25, -0.2) is 0 Å². The van der Waals surface area contributed by atoms with E-state index >= 15 is 0 Å². The van der Waals surface area contributed by atoms with Crippen molar-refractivity contribution in [2.75, 3.05) is 91.6 Å². The van der Waals surface area contributed by atoms with Crippen molar-refractivity contribution in [1.29, 1.82) is 0 Å². The Hall–Kier alpha value is -1.03. The zero-order valence-corrected chi connectivity index (χ0v) is 26.8. The third-order valence-corrected chi connectivity index (χ3v) is 9.15. The Labute approximate surface area is 241 Å². The Morgan fingerprint density at radius 2 is 0.872 bits per heavy atom. The molecule has 1 aromatic heterocycles. The number of H-pyrrole nitrogens is 1. The summed E-state index contributed by atoms with van der Waals surface area (Å²) in [6.45, 7) is 34.8. The molecule has 0 radical (unpaired) electrons. The van der Waals surface area contributed by atoms with Gasteiger partial charge in [0.05, 0.1) is 5.69 Å². The van der Waals surface area contributed by atoms with Crippen LogP contribution in [-0.2, 0) is 12.8 Å². The van der Waals surface area contributed by atoms with Crippen molar-refractivity contribution in [2.45, 2.75) is 92.4 Å². The number of hydrogen-bond donors (Lipinski definition) is 1. The molecule has 0 amide bonds. The van der Waals surface area contributed by atoms with Crippen molar-refractivity contribution >= 4 is 0 Å². The average Bonchev–Trinajstić information content (AvgIpc) is 3.39. The molecule has 0 spiro atoms. The van der Waals surface area contributed by atoms with Gasteiger partial charge >= 0.3 is 0 Å². The minimum atomic E-state index is 0.604. The minimum Gasteiger partial charge on any atom is -0.300 e. The van der Waals surface area contributed by atoms with E-state index in [1.165, 1.54) is 37.6 Å². The van der Waals surface area contributed by atoms with Gasteiger partial charge in [0.2, 0.25) is 0 Å². The molecule has 2 aliphatic rings. The topological polar surface area (TPSA) is 48.1 Å². The van der Waals surface area contributed by atoms with Gasteiger partial charge in [-0.3, -0.25) is 24.7 Å². The Morgan fingerprint density at radius 3 is 1.23 bits per heavy atom. The van der Waals surface area contributed by atoms with Gasteiger partial charge in [0.1, 0.15) is 0 Å². The fourth-order valence-corrected chi connectivity index (χ4v) is 5.99. The standard InChI is InChI=1S/C31H62N8/c1-26(2)36-17-13-34(14-18-37(22-21-36)27(3)4)11-9-30-25-31(33-32-30)10-12-35-15-19-38(28(5)6)23-24-39(20-16-35)29(7)8/h25-29H,9-24H2,1-8H3,(H,32,33). The van der Waals surface area contributed by atoms with Gasteiger partial charge in [-0.2, -0.15) is 5.10 Å². The summed E-state index contributed by atoms with van der Waals surface area (Å²) in [6.07, 6.45) is 2.07. The van der Waals surface area contributed by atoms with E-state index in [1.807, 2.05) is 0 Å². The molecule has 2 saturated heterocycles. The number of hydrogen-bond acceptors (Lipinski definition) is 7. The molecule has 226 valence electrons. The summed E-state index contributed by atoms with van der Waals surface area (Å²) in [7, 11) is 0. The molecule has 0 bridgehead atoms. The third kappa shape index (κ3) is 11.0. The van der Waals surface area contributed by atoms with Gasteiger partial charge in [-0.1, -0.05) is 0 Å². The third-order valence-electron chi connectivity index (χ3n) is 9.15. The second kappa shape index (κ2) is 16.4. The van der Waals surface area contributed by atoms with Crippen LogP contribution < -0.4 is 0 Å². The Bertz CT molecular complexity index is 689. The molecule has 0 saturated carbocycles. The first-order valence-electron chi connectivity index (χ1n) is 16.1. The SMILES string of the molecule is CC(C)N1CCN(CCc2cc(CCN3CCN(C(C)C)CCN(C(C)C)CC3)[nH]n2)CCN(C(C)C)CC1. The number of aromatic nitrogens is 2. The van der Waals surface area contributed by atoms with Crippen LogP contribution in [0.2, 0.25) is 0 Å². The van der Waals surface area contributed by atoms with E-state index in [-0.39, 0.29) is 0 Å². The number of nitrogens with zero attached hydrogens (tertiary/aromatic N) is 7. The summed E-state index contributed by atoms with van der Waals surface area (Å²) in [6, 6.07) is 4.75. The van der Waals surface area contributed by atoms with Crippen molar-refractivity contribution in [3.05, 3.63) is 17.5 Å². The van der Waals surface area contributed by atoms with Crippen molar-refractivity contribution in [3.63, 3.8) is 0 Å². The van der Waals surface area contributed by atoms with E-state index in [1.54, 1.807) is 0 Å². The quantitative estimate of drug-likeness (QED) is 0.484. The lowest BCUT2D eigenvalue weighted by molar-refractivity contribution is 0.169. The van der Waals surface area contributed by atoms with Crippen molar-refractivity contribution in [2.24, 2.45) is 0 Å². The summed E-state index contributed by atoms with van der Waals surface area (Å²) in [5, 5.41) is 8.09. The molecule has 39 heavy (non-hydrogen) atoms. The van der Waals surface area contributed by atoms with Crippen LogP contribution in [0.25, 0.3) is 0 Å². The zero-order chi connectivity index (χ0) is 28.4. The van der Waals surface area contributed by atoms with Crippen LogP contribution in [0.3, 0.4) is 0 Å². The van der Waals surface area contributed by atoms with Gasteiger partial charge in [-0.15, -0.1) is 0 Å². The predicted molar refractivity (Wildman–Crippen MR) is 166 cm³/mol. The molecule has 0 aromatic carbocycles. The molecule has 8 nitrogen and oxygen atoms in total. The van der Waals surface area contributed by atoms with E-state index < -0.39 is 0 Å². The number of nitrogens with one attached hydrogen (secondary N) is 1. The maximum Gasteiger partial charge on any atom is 0.0637 e. The molecule has 8 heteroatoms. The fourth-order valence-electron chi connectivity index (χ4n) is 5.99. The first-order valence-corrected chi connectivity index (χ1v) is 16.1. The molecule has 2 aliphatic heterocycles. The zero-order valence-electron chi connectivity index (χ0n) is 26.8. The maximum atomic E-state index is 4.72. The van der Waals surface area contributed by atoms with Crippen molar-refractivity contribution in [1.82, 2.24) is 39.6 Å². The molecule has 3 rings (SSSR count). The molecular weight excluding hydrogens is 484 g/mol. The summed E-state index contributed by atoms with van der Waals surface area (Å²) >= 11 is 0. The van der Waals surface area contributed by atoms with Crippen LogP contribution in [0, 0.1) is 0 Å². The summed E-state index contributed by atoms with van der Waals surface area (Å²) in [5.41, 5.74) is 2.50. The second-order valence-electron chi connectivity index (χ2n) is 13.1. The highest BCUT2D eigenvalue weighted by Gasteiger charge is 2.21. The van der Waals surface area contributed by atoms with Crippen LogP contribution in [0.5, 0.6) is 0 Å². The Morgan fingerprint density at radius 1 is 0.538 bits per heavy atom. The van der Waals surface area contributed by atoms with E-state index in [0.717, 1.165) is 78.3 Å². The number of rotatable bonds is 10. The van der Waals surface area contributed by atoms with E-state index in [4.69, 9.17) is 5.10 Å². The lowest BCUT2D eigenvalue weighted by Crippen LogP contribution is -2.41. The summed E-state index contributed by atoms with van der Waals surface area (Å²) < 4.78 is 0. The summed E-state index contributed by atoms with van der Waals surface area (Å²) in [4.78, 5) is 15.9. The van der Waals surface area contributed by atoms with Crippen molar-refractivity contribution in [3.8, 4) is 0 Å². The largest absolute Gasteiger partial charge is 0.300 e. The van der Waals surface area contributed by atoms with Crippen LogP contribution in [0.15, 0.2) is 6.07 Å². The molecule has 1 N–H and O–H groups in total. The van der Waals surface area contributed by atoms with Gasteiger partial charge in [0.15, 0.2) is 0 Å². The lowest BCUT2D eigenvalue weighted by atomic mass is 10.2. The number of aromatic amines is 1. The van der Waals surface area contributed by atoms with Gasteiger partial charge in [0, 0.05) is 134 Å². The minimum absolute atomic E-state index is 0.604. The van der Waals surface area contributed by atoms with E-state index in [2.05, 4.69) is 96.0 Å². The highest BCUT2D eigenvalue weighted by Crippen LogP contribution is 2.11. The molecule has 0 aliphatic carbocycles. The van der Waals surface area contributed by atoms with E-state index in [9.17, 15) is 0 Å². The first kappa shape index (κ1) is 32.5. The molecule has 2 fully saturated rings. The molecule has 0 unspecified atom stereocenters. The highest BCUT2D eigenvalue weighted by atomic mass is 15.3. The molecule has 3 heterocycles. The first-order chi connectivity index (χ1) is 18.6. The van der Waals surface area contributed by atoms with Crippen LogP contribution in [0.1, 0.15) is 66.8 Å². The average molecular weight is 547 g/mol. The second-order valence-corrected chi connectivity index (χ2v) is 13.1. The Kier molecular flexibility index (Phi) is 13.7. The monoisotopic (exact) mass is 547 g/mol. The molecule has 1 aromatic rings. The van der Waals surface area contributed by atoms with Crippen LogP contribution in [-0.4, -0.2) is 155 Å². The highest BCUT2D eigenvalue weighted by molar-refractivity contribution is 5.09. The van der Waals surface area contributed by atoms with Crippen molar-refractivity contribution < 1.29 is 0 Å². The van der Waals surface area contributed by atoms with Gasteiger partial charge < -0.3 is 9.80 Å².